The zero-order chi connectivity index (χ0) is 24.3. The van der Waals surface area contributed by atoms with Crippen LogP contribution in [0.4, 0.5) is 0 Å². The Bertz CT molecular complexity index is 1160. The molecule has 2 amide bonds. The number of para-hydroxylation sites is 1. The van der Waals surface area contributed by atoms with Gasteiger partial charge in [0.25, 0.3) is 11.8 Å². The summed E-state index contributed by atoms with van der Waals surface area (Å²) < 4.78 is 11.9. The molecular formula is C24H21BrClN3O4S. The van der Waals surface area contributed by atoms with Crippen LogP contribution in [-0.2, 0) is 11.2 Å². The van der Waals surface area contributed by atoms with Gasteiger partial charge in [0, 0.05) is 10.9 Å². The summed E-state index contributed by atoms with van der Waals surface area (Å²) in [6.07, 6.45) is 0.695. The van der Waals surface area contributed by atoms with Gasteiger partial charge in [-0.15, -0.1) is 0 Å². The van der Waals surface area contributed by atoms with Gasteiger partial charge in [-0.25, -0.2) is 0 Å². The van der Waals surface area contributed by atoms with Crippen LogP contribution in [0.5, 0.6) is 11.5 Å². The van der Waals surface area contributed by atoms with E-state index in [9.17, 15) is 9.59 Å². The van der Waals surface area contributed by atoms with Crippen molar-refractivity contribution < 1.29 is 19.1 Å². The molecule has 0 radical (unpaired) electrons. The number of carbonyl (C=O) groups is 2. The minimum atomic E-state index is -0.510. The van der Waals surface area contributed by atoms with Gasteiger partial charge in [0.1, 0.15) is 11.5 Å². The predicted octanol–water partition coefficient (Wildman–Crippen LogP) is 4.44. The smallest absolute Gasteiger partial charge is 0.276 e. The third-order valence-electron chi connectivity index (χ3n) is 4.42. The van der Waals surface area contributed by atoms with Crippen LogP contribution in [0.2, 0.25) is 5.02 Å². The normalized spacial score (nSPS) is 10.2. The Morgan fingerprint density at radius 1 is 0.912 bits per heavy atom. The summed E-state index contributed by atoms with van der Waals surface area (Å²) in [6, 6.07) is 21.8. The summed E-state index contributed by atoms with van der Waals surface area (Å²) >= 11 is 14.4. The zero-order valence-electron chi connectivity index (χ0n) is 17.8. The van der Waals surface area contributed by atoms with E-state index in [2.05, 4.69) is 32.1 Å². The first kappa shape index (κ1) is 25.5. The molecule has 0 aliphatic heterocycles. The van der Waals surface area contributed by atoms with Gasteiger partial charge in [0.2, 0.25) is 0 Å². The van der Waals surface area contributed by atoms with E-state index in [4.69, 9.17) is 33.3 Å². The van der Waals surface area contributed by atoms with Gasteiger partial charge in [0.15, 0.2) is 11.7 Å². The van der Waals surface area contributed by atoms with Crippen LogP contribution in [0.15, 0.2) is 77.3 Å². The molecule has 0 heterocycles. The van der Waals surface area contributed by atoms with E-state index < -0.39 is 11.8 Å². The highest BCUT2D eigenvalue weighted by Gasteiger charge is 2.15. The SMILES string of the molecule is O=C(COc1ccccc1Cl)NNC(=S)NC(=O)c1cc(Br)ccc1OCCc1ccccc1. The minimum absolute atomic E-state index is 0.0914. The monoisotopic (exact) mass is 561 g/mol. The van der Waals surface area contributed by atoms with Crippen molar-refractivity contribution in [1.82, 2.24) is 16.2 Å². The lowest BCUT2D eigenvalue weighted by Gasteiger charge is -2.14. The molecule has 0 spiro atoms. The van der Waals surface area contributed by atoms with Gasteiger partial charge in [0.05, 0.1) is 17.2 Å². The summed E-state index contributed by atoms with van der Waals surface area (Å²) in [5.41, 5.74) is 6.24. The van der Waals surface area contributed by atoms with Crippen LogP contribution in [0, 0.1) is 0 Å². The lowest BCUT2D eigenvalue weighted by atomic mass is 10.1. The maximum absolute atomic E-state index is 12.8. The molecule has 0 fully saturated rings. The Morgan fingerprint density at radius 3 is 2.41 bits per heavy atom. The number of halogens is 2. The quantitative estimate of drug-likeness (QED) is 0.278. The topological polar surface area (TPSA) is 88.7 Å². The van der Waals surface area contributed by atoms with E-state index in [1.54, 1.807) is 42.5 Å². The summed E-state index contributed by atoms with van der Waals surface area (Å²) in [6.45, 7) is 0.106. The van der Waals surface area contributed by atoms with Crippen LogP contribution in [0.25, 0.3) is 0 Å². The largest absolute Gasteiger partial charge is 0.492 e. The highest BCUT2D eigenvalue weighted by atomic mass is 79.9. The van der Waals surface area contributed by atoms with E-state index in [1.165, 1.54) is 0 Å². The third kappa shape index (κ3) is 8.02. The van der Waals surface area contributed by atoms with Crippen molar-refractivity contribution in [3.63, 3.8) is 0 Å². The van der Waals surface area contributed by atoms with E-state index in [1.807, 2.05) is 30.3 Å². The number of carbonyl (C=O) groups excluding carboxylic acids is 2. The molecule has 0 saturated carbocycles. The molecule has 0 aromatic heterocycles. The van der Waals surface area contributed by atoms with Gasteiger partial charge in [-0.05, 0) is 48.1 Å². The molecule has 3 aromatic carbocycles. The average Bonchev–Trinajstić information content (AvgIpc) is 2.83. The highest BCUT2D eigenvalue weighted by molar-refractivity contribution is 9.10. The number of benzene rings is 3. The second-order valence-corrected chi connectivity index (χ2v) is 8.63. The number of thiocarbonyl (C=S) groups is 1. The van der Waals surface area contributed by atoms with Crippen molar-refractivity contribution in [2.75, 3.05) is 13.2 Å². The summed E-state index contributed by atoms with van der Waals surface area (Å²) in [5.74, 6) is -0.208. The fraction of sp³-hybridized carbons (Fsp3) is 0.125. The molecule has 10 heteroatoms. The van der Waals surface area contributed by atoms with Crippen LogP contribution >= 0.6 is 39.7 Å². The molecule has 0 aliphatic carbocycles. The van der Waals surface area contributed by atoms with Crippen LogP contribution in [-0.4, -0.2) is 30.1 Å². The third-order valence-corrected chi connectivity index (χ3v) is 5.42. The Labute approximate surface area is 215 Å². The van der Waals surface area contributed by atoms with Gasteiger partial charge in [-0.1, -0.05) is 70.0 Å². The van der Waals surface area contributed by atoms with Crippen LogP contribution < -0.4 is 25.6 Å². The highest BCUT2D eigenvalue weighted by Crippen LogP contribution is 2.24. The Kier molecular flexibility index (Phi) is 9.69. The van der Waals surface area contributed by atoms with E-state index in [0.717, 1.165) is 5.56 Å². The standard InChI is InChI=1S/C24H21BrClN3O4S/c25-17-10-11-20(32-13-12-16-6-2-1-3-7-16)18(14-17)23(31)27-24(34)29-28-22(30)15-33-21-9-5-4-8-19(21)26/h1-11,14H,12-13,15H2,(H,28,30)(H2,27,29,31,34). The van der Waals surface area contributed by atoms with Gasteiger partial charge < -0.3 is 9.47 Å². The molecule has 7 nitrogen and oxygen atoms in total. The molecule has 0 bridgehead atoms. The molecule has 3 rings (SSSR count). The number of nitrogens with one attached hydrogen (secondary N) is 3. The summed E-state index contributed by atoms with van der Waals surface area (Å²) in [5, 5.41) is 2.81. The second kappa shape index (κ2) is 12.9. The van der Waals surface area contributed by atoms with Crippen molar-refractivity contribution in [2.45, 2.75) is 6.42 Å². The van der Waals surface area contributed by atoms with Gasteiger partial charge in [-0.3, -0.25) is 25.8 Å². The van der Waals surface area contributed by atoms with Crippen molar-refractivity contribution >= 4 is 56.7 Å². The lowest BCUT2D eigenvalue weighted by molar-refractivity contribution is -0.123. The molecule has 3 aromatic rings. The van der Waals surface area contributed by atoms with Crippen molar-refractivity contribution in [1.29, 1.82) is 0 Å². The zero-order valence-corrected chi connectivity index (χ0v) is 21.0. The van der Waals surface area contributed by atoms with Crippen molar-refractivity contribution in [2.24, 2.45) is 0 Å². The maximum atomic E-state index is 12.8. The van der Waals surface area contributed by atoms with E-state index >= 15 is 0 Å². The fourth-order valence-electron chi connectivity index (χ4n) is 2.80. The number of ether oxygens (including phenoxy) is 2. The molecular weight excluding hydrogens is 542 g/mol. The molecule has 176 valence electrons. The van der Waals surface area contributed by atoms with Gasteiger partial charge >= 0.3 is 0 Å². The maximum Gasteiger partial charge on any atom is 0.276 e. The Hall–Kier alpha value is -3.14. The first-order valence-electron chi connectivity index (χ1n) is 10.2. The second-order valence-electron chi connectivity index (χ2n) is 6.90. The van der Waals surface area contributed by atoms with E-state index in [0.29, 0.717) is 39.6 Å². The predicted molar refractivity (Wildman–Crippen MR) is 138 cm³/mol. The Morgan fingerprint density at radius 2 is 1.65 bits per heavy atom. The number of rotatable bonds is 8. The van der Waals surface area contributed by atoms with Crippen LogP contribution in [0.1, 0.15) is 15.9 Å². The number of hydrogen-bond acceptors (Lipinski definition) is 5. The lowest BCUT2D eigenvalue weighted by Crippen LogP contribution is -2.49. The average molecular weight is 563 g/mol. The number of hydrazine groups is 1. The molecule has 3 N–H and O–H groups in total. The molecule has 0 atom stereocenters. The Balaban J connectivity index is 1.49. The molecule has 0 saturated heterocycles. The molecule has 34 heavy (non-hydrogen) atoms. The van der Waals surface area contributed by atoms with Gasteiger partial charge in [-0.2, -0.15) is 0 Å². The summed E-state index contributed by atoms with van der Waals surface area (Å²) in [4.78, 5) is 24.7. The summed E-state index contributed by atoms with van der Waals surface area (Å²) in [7, 11) is 0. The number of hydrogen-bond donors (Lipinski definition) is 3. The number of amides is 2. The first-order valence-corrected chi connectivity index (χ1v) is 11.7. The molecule has 0 unspecified atom stereocenters. The van der Waals surface area contributed by atoms with Crippen LogP contribution in [0.3, 0.4) is 0 Å². The van der Waals surface area contributed by atoms with E-state index in [-0.39, 0.29) is 11.7 Å². The van der Waals surface area contributed by atoms with Crippen molar-refractivity contribution in [3.05, 3.63) is 93.4 Å². The fourth-order valence-corrected chi connectivity index (χ4v) is 3.49. The minimum Gasteiger partial charge on any atom is -0.492 e. The van der Waals surface area contributed by atoms with Crippen molar-refractivity contribution in [3.8, 4) is 11.5 Å². The first-order chi connectivity index (χ1) is 16.4. The molecule has 0 aliphatic rings.